The fraction of sp³-hybridized carbons (Fsp3) is 0.429. The number of ether oxygens (including phenoxy) is 1. The lowest BCUT2D eigenvalue weighted by atomic mass is 9.86. The first kappa shape index (κ1) is 13.9. The number of benzene rings is 1. The third kappa shape index (κ3) is 3.47. The van der Waals surface area contributed by atoms with Crippen LogP contribution in [-0.4, -0.2) is 10.2 Å². The molecule has 2 rings (SSSR count). The lowest BCUT2D eigenvalue weighted by Crippen LogP contribution is -2.13. The maximum Gasteiger partial charge on any atom is 0.253 e. The topological polar surface area (TPSA) is 48.2 Å². The monoisotopic (exact) mass is 280 g/mol. The van der Waals surface area contributed by atoms with Crippen molar-refractivity contribution in [2.75, 3.05) is 0 Å². The number of hydrogen-bond donors (Lipinski definition) is 0. The summed E-state index contributed by atoms with van der Waals surface area (Å²) < 4.78 is 11.1. The zero-order chi connectivity index (χ0) is 13.9. The number of para-hydroxylation sites is 1. The summed E-state index contributed by atoms with van der Waals surface area (Å²) in [6, 6.07) is 7.96. The van der Waals surface area contributed by atoms with Crippen LogP contribution >= 0.6 is 11.6 Å². The molecule has 19 heavy (non-hydrogen) atoms. The molecule has 0 spiro atoms. The van der Waals surface area contributed by atoms with E-state index in [0.29, 0.717) is 11.8 Å². The van der Waals surface area contributed by atoms with Gasteiger partial charge in [0, 0.05) is 0 Å². The fourth-order valence-electron chi connectivity index (χ4n) is 1.75. The Morgan fingerprint density at radius 2 is 1.84 bits per heavy atom. The van der Waals surface area contributed by atoms with E-state index in [-0.39, 0.29) is 17.9 Å². The Labute approximate surface area is 117 Å². The zero-order valence-electron chi connectivity index (χ0n) is 11.3. The minimum Gasteiger partial charge on any atom is -0.484 e. The molecule has 0 atom stereocenters. The van der Waals surface area contributed by atoms with Crippen molar-refractivity contribution in [1.29, 1.82) is 0 Å². The van der Waals surface area contributed by atoms with Crippen molar-refractivity contribution in [3.63, 3.8) is 0 Å². The average molecular weight is 281 g/mol. The zero-order valence-corrected chi connectivity index (χ0v) is 12.1. The summed E-state index contributed by atoms with van der Waals surface area (Å²) >= 11 is 5.61. The van der Waals surface area contributed by atoms with Gasteiger partial charge in [-0.25, -0.2) is 0 Å². The molecule has 1 aromatic carbocycles. The maximum atomic E-state index is 5.77. The molecular formula is C14H17ClN2O2. The molecule has 0 amide bonds. The van der Waals surface area contributed by atoms with E-state index in [1.165, 1.54) is 0 Å². The summed E-state index contributed by atoms with van der Waals surface area (Å²) in [6.45, 7) is 6.69. The molecule has 0 aliphatic carbocycles. The number of halogens is 1. The van der Waals surface area contributed by atoms with Crippen molar-refractivity contribution in [2.45, 2.75) is 38.7 Å². The van der Waals surface area contributed by atoms with Gasteiger partial charge in [0.15, 0.2) is 6.61 Å². The molecule has 1 heterocycles. The second-order valence-corrected chi connectivity index (χ2v) is 5.53. The van der Waals surface area contributed by atoms with Gasteiger partial charge in [0.05, 0.1) is 0 Å². The Balaban J connectivity index is 2.11. The molecule has 0 aliphatic rings. The van der Waals surface area contributed by atoms with Crippen molar-refractivity contribution in [3.8, 4) is 5.75 Å². The Morgan fingerprint density at radius 1 is 1.16 bits per heavy atom. The van der Waals surface area contributed by atoms with Crippen molar-refractivity contribution in [1.82, 2.24) is 10.2 Å². The van der Waals surface area contributed by atoms with E-state index < -0.39 is 0 Å². The van der Waals surface area contributed by atoms with Gasteiger partial charge < -0.3 is 9.15 Å². The van der Waals surface area contributed by atoms with E-state index in [4.69, 9.17) is 20.8 Å². The van der Waals surface area contributed by atoms with E-state index in [1.807, 2.05) is 18.2 Å². The first-order valence-electron chi connectivity index (χ1n) is 6.10. The first-order valence-corrected chi connectivity index (χ1v) is 6.63. The minimum atomic E-state index is 0.0206. The van der Waals surface area contributed by atoms with Gasteiger partial charge in [-0.05, 0) is 17.0 Å². The summed E-state index contributed by atoms with van der Waals surface area (Å²) in [7, 11) is 0. The molecule has 0 saturated carbocycles. The van der Waals surface area contributed by atoms with E-state index in [0.717, 1.165) is 11.3 Å². The summed E-state index contributed by atoms with van der Waals surface area (Å²) in [5, 5.41) is 7.66. The van der Waals surface area contributed by atoms with Crippen LogP contribution in [0.25, 0.3) is 0 Å². The molecule has 0 fully saturated rings. The van der Waals surface area contributed by atoms with E-state index >= 15 is 0 Å². The molecule has 5 heteroatoms. The van der Waals surface area contributed by atoms with Crippen LogP contribution in [0.3, 0.4) is 0 Å². The van der Waals surface area contributed by atoms with Crippen LogP contribution in [0, 0.1) is 0 Å². The normalized spacial score (nSPS) is 11.6. The van der Waals surface area contributed by atoms with Crippen molar-refractivity contribution in [3.05, 3.63) is 41.6 Å². The van der Waals surface area contributed by atoms with Gasteiger partial charge >= 0.3 is 0 Å². The van der Waals surface area contributed by atoms with E-state index in [2.05, 4.69) is 37.0 Å². The van der Waals surface area contributed by atoms with Crippen LogP contribution < -0.4 is 4.74 Å². The van der Waals surface area contributed by atoms with E-state index in [1.54, 1.807) is 0 Å². The highest BCUT2D eigenvalue weighted by atomic mass is 35.5. The van der Waals surface area contributed by atoms with E-state index in [9.17, 15) is 0 Å². The Kier molecular flexibility index (Phi) is 4.10. The number of nitrogens with zero attached hydrogens (tertiary/aromatic N) is 2. The Morgan fingerprint density at radius 3 is 2.47 bits per heavy atom. The Bertz CT molecular complexity index is 546. The molecule has 0 aliphatic heterocycles. The average Bonchev–Trinajstić information content (AvgIpc) is 2.83. The second kappa shape index (κ2) is 5.61. The van der Waals surface area contributed by atoms with Gasteiger partial charge in [-0.1, -0.05) is 39.0 Å². The van der Waals surface area contributed by atoms with Crippen LogP contribution in [0.15, 0.2) is 28.7 Å². The molecule has 0 saturated heterocycles. The highest BCUT2D eigenvalue weighted by Gasteiger charge is 2.18. The summed E-state index contributed by atoms with van der Waals surface area (Å²) in [5.41, 5.74) is 1.17. The molecule has 2 aromatic rings. The number of hydrogen-bond acceptors (Lipinski definition) is 4. The first-order chi connectivity index (χ1) is 9.00. The fourth-order valence-corrected chi connectivity index (χ4v) is 1.86. The van der Waals surface area contributed by atoms with Gasteiger partial charge in [0.25, 0.3) is 5.89 Å². The van der Waals surface area contributed by atoms with Crippen LogP contribution in [0.4, 0.5) is 0 Å². The Hall–Kier alpha value is -1.55. The molecule has 4 nitrogen and oxygen atoms in total. The van der Waals surface area contributed by atoms with Gasteiger partial charge in [0.2, 0.25) is 5.89 Å². The molecule has 0 N–H and O–H groups in total. The van der Waals surface area contributed by atoms with Crippen molar-refractivity contribution in [2.24, 2.45) is 0 Å². The summed E-state index contributed by atoms with van der Waals surface area (Å²) in [5.74, 6) is 1.88. The standard InChI is InChI=1S/C14H17ClN2O2/c1-14(2,3)10-6-4-5-7-11(10)18-9-13-17-16-12(8-15)19-13/h4-7H,8-9H2,1-3H3. The SMILES string of the molecule is CC(C)(C)c1ccccc1OCc1nnc(CCl)o1. The molecule has 0 radical (unpaired) electrons. The molecule has 0 unspecified atom stereocenters. The summed E-state index contributed by atoms with van der Waals surface area (Å²) in [4.78, 5) is 0. The van der Waals surface area contributed by atoms with Gasteiger partial charge in [-0.2, -0.15) is 0 Å². The third-order valence-corrected chi connectivity index (χ3v) is 2.90. The van der Waals surface area contributed by atoms with Crippen LogP contribution in [0.2, 0.25) is 0 Å². The molecule has 102 valence electrons. The van der Waals surface area contributed by atoms with Crippen LogP contribution in [0.5, 0.6) is 5.75 Å². The number of rotatable bonds is 4. The van der Waals surface area contributed by atoms with Crippen molar-refractivity contribution < 1.29 is 9.15 Å². The van der Waals surface area contributed by atoms with Crippen molar-refractivity contribution >= 4 is 11.6 Å². The molecule has 0 bridgehead atoms. The largest absolute Gasteiger partial charge is 0.484 e. The third-order valence-electron chi connectivity index (χ3n) is 2.67. The van der Waals surface area contributed by atoms with Gasteiger partial charge in [-0.3, -0.25) is 0 Å². The number of aromatic nitrogens is 2. The van der Waals surface area contributed by atoms with Gasteiger partial charge in [0.1, 0.15) is 11.6 Å². The number of alkyl halides is 1. The predicted octanol–water partition coefficient (Wildman–Crippen LogP) is 3.68. The van der Waals surface area contributed by atoms with Crippen LogP contribution in [0.1, 0.15) is 38.1 Å². The van der Waals surface area contributed by atoms with Crippen LogP contribution in [-0.2, 0) is 17.9 Å². The minimum absolute atomic E-state index is 0.0206. The van der Waals surface area contributed by atoms with Gasteiger partial charge in [-0.15, -0.1) is 21.8 Å². The molecular weight excluding hydrogens is 264 g/mol. The quantitative estimate of drug-likeness (QED) is 0.802. The smallest absolute Gasteiger partial charge is 0.253 e. The molecule has 1 aromatic heterocycles. The highest BCUT2D eigenvalue weighted by molar-refractivity contribution is 6.16. The lowest BCUT2D eigenvalue weighted by molar-refractivity contribution is 0.254. The lowest BCUT2D eigenvalue weighted by Gasteiger charge is -2.22. The predicted molar refractivity (Wildman–Crippen MR) is 73.3 cm³/mol. The summed E-state index contributed by atoms with van der Waals surface area (Å²) in [6.07, 6.45) is 0. The second-order valence-electron chi connectivity index (χ2n) is 5.26. The highest BCUT2D eigenvalue weighted by Crippen LogP contribution is 2.31. The maximum absolute atomic E-state index is 5.77.